The van der Waals surface area contributed by atoms with Crippen LogP contribution < -0.4 is 10.2 Å². The molecular weight excluding hydrogens is 329 g/mol. The first-order chi connectivity index (χ1) is 10.0. The Morgan fingerprint density at radius 3 is 2.19 bits per heavy atom. The lowest BCUT2D eigenvalue weighted by Gasteiger charge is -2.21. The molecule has 0 aliphatic rings. The van der Waals surface area contributed by atoms with Crippen LogP contribution in [0.3, 0.4) is 0 Å². The molecule has 0 saturated carbocycles. The summed E-state index contributed by atoms with van der Waals surface area (Å²) in [6.45, 7) is 6.22. The third kappa shape index (κ3) is 3.94. The van der Waals surface area contributed by atoms with Crippen LogP contribution in [0.15, 0.2) is 30.3 Å². The van der Waals surface area contributed by atoms with E-state index in [1.165, 1.54) is 5.69 Å². The second kappa shape index (κ2) is 7.21. The summed E-state index contributed by atoms with van der Waals surface area (Å²) < 4.78 is 0. The highest BCUT2D eigenvalue weighted by molar-refractivity contribution is 6.43. The Bertz CT molecular complexity index is 610. The van der Waals surface area contributed by atoms with Gasteiger partial charge in [0.25, 0.3) is 0 Å². The highest BCUT2D eigenvalue weighted by atomic mass is 35.5. The standard InChI is InChI=1S/C15H16Cl3N3/c1-3-21(4-2)11-7-5-10(6-8-11)19-15-13(17)9-12(16)14(18)20-15/h5-9H,3-4H2,1-2H3,(H,19,20). The van der Waals surface area contributed by atoms with Gasteiger partial charge in [-0.15, -0.1) is 0 Å². The summed E-state index contributed by atoms with van der Waals surface area (Å²) in [5.74, 6) is 0.488. The fourth-order valence-electron chi connectivity index (χ4n) is 2.01. The summed E-state index contributed by atoms with van der Waals surface area (Å²) >= 11 is 17.9. The van der Waals surface area contributed by atoms with E-state index in [1.807, 2.05) is 12.1 Å². The zero-order valence-electron chi connectivity index (χ0n) is 11.8. The molecule has 0 aliphatic carbocycles. The van der Waals surface area contributed by atoms with E-state index in [-0.39, 0.29) is 5.15 Å². The molecule has 0 aliphatic heterocycles. The van der Waals surface area contributed by atoms with E-state index in [9.17, 15) is 0 Å². The Balaban J connectivity index is 2.19. The van der Waals surface area contributed by atoms with Crippen LogP contribution in [0.2, 0.25) is 15.2 Å². The lowest BCUT2D eigenvalue weighted by Crippen LogP contribution is -2.21. The maximum atomic E-state index is 6.10. The van der Waals surface area contributed by atoms with Crippen molar-refractivity contribution in [3.05, 3.63) is 45.5 Å². The lowest BCUT2D eigenvalue weighted by atomic mass is 10.2. The van der Waals surface area contributed by atoms with Gasteiger partial charge >= 0.3 is 0 Å². The molecule has 112 valence electrons. The van der Waals surface area contributed by atoms with Gasteiger partial charge in [0.2, 0.25) is 0 Å². The monoisotopic (exact) mass is 343 g/mol. The van der Waals surface area contributed by atoms with Crippen molar-refractivity contribution in [2.45, 2.75) is 13.8 Å². The minimum absolute atomic E-state index is 0.225. The summed E-state index contributed by atoms with van der Waals surface area (Å²) in [6, 6.07) is 9.65. The largest absolute Gasteiger partial charge is 0.372 e. The Hall–Kier alpha value is -1.16. The van der Waals surface area contributed by atoms with Gasteiger partial charge in [-0.1, -0.05) is 34.8 Å². The van der Waals surface area contributed by atoms with Gasteiger partial charge in [0, 0.05) is 24.5 Å². The smallest absolute Gasteiger partial charge is 0.151 e. The van der Waals surface area contributed by atoms with Crippen molar-refractivity contribution in [2.75, 3.05) is 23.3 Å². The Labute approximate surface area is 139 Å². The van der Waals surface area contributed by atoms with E-state index in [4.69, 9.17) is 34.8 Å². The predicted octanol–water partition coefficient (Wildman–Crippen LogP) is 5.63. The number of nitrogens with one attached hydrogen (secondary N) is 1. The van der Waals surface area contributed by atoms with Gasteiger partial charge in [-0.05, 0) is 44.2 Å². The summed E-state index contributed by atoms with van der Waals surface area (Å²) in [7, 11) is 0. The molecule has 3 nitrogen and oxygen atoms in total. The predicted molar refractivity (Wildman–Crippen MR) is 92.6 cm³/mol. The van der Waals surface area contributed by atoms with Crippen molar-refractivity contribution in [1.29, 1.82) is 0 Å². The molecule has 2 rings (SSSR count). The summed E-state index contributed by atoms with van der Waals surface area (Å²) in [5, 5.41) is 4.13. The molecule has 1 heterocycles. The second-order valence-electron chi connectivity index (χ2n) is 4.44. The second-order valence-corrected chi connectivity index (χ2v) is 5.61. The fraction of sp³-hybridized carbons (Fsp3) is 0.267. The van der Waals surface area contributed by atoms with Gasteiger partial charge in [-0.3, -0.25) is 0 Å². The summed E-state index contributed by atoms with van der Waals surface area (Å²) in [5.41, 5.74) is 2.07. The van der Waals surface area contributed by atoms with Crippen LogP contribution in [-0.4, -0.2) is 18.1 Å². The molecule has 1 aromatic carbocycles. The van der Waals surface area contributed by atoms with Crippen molar-refractivity contribution < 1.29 is 0 Å². The number of benzene rings is 1. The number of aromatic nitrogens is 1. The molecule has 0 bridgehead atoms. The average molecular weight is 345 g/mol. The number of anilines is 3. The maximum Gasteiger partial charge on any atom is 0.151 e. The molecular formula is C15H16Cl3N3. The molecule has 21 heavy (non-hydrogen) atoms. The van der Waals surface area contributed by atoms with Gasteiger partial charge in [0.05, 0.1) is 10.0 Å². The summed E-state index contributed by atoms with van der Waals surface area (Å²) in [4.78, 5) is 6.41. The van der Waals surface area contributed by atoms with E-state index in [0.29, 0.717) is 15.9 Å². The van der Waals surface area contributed by atoms with Crippen LogP contribution in [-0.2, 0) is 0 Å². The van der Waals surface area contributed by atoms with E-state index >= 15 is 0 Å². The van der Waals surface area contributed by atoms with Crippen LogP contribution in [0.5, 0.6) is 0 Å². The first kappa shape index (κ1) is 16.2. The van der Waals surface area contributed by atoms with Crippen molar-refractivity contribution in [1.82, 2.24) is 4.98 Å². The molecule has 0 fully saturated rings. The molecule has 2 aromatic rings. The lowest BCUT2D eigenvalue weighted by molar-refractivity contribution is 0.866. The minimum atomic E-state index is 0.225. The highest BCUT2D eigenvalue weighted by Crippen LogP contribution is 2.31. The molecule has 6 heteroatoms. The molecule has 0 spiro atoms. The normalized spacial score (nSPS) is 10.5. The molecule has 1 N–H and O–H groups in total. The van der Waals surface area contributed by atoms with E-state index in [1.54, 1.807) is 6.07 Å². The minimum Gasteiger partial charge on any atom is -0.372 e. The molecule has 0 amide bonds. The number of pyridine rings is 1. The zero-order valence-corrected chi connectivity index (χ0v) is 14.1. The van der Waals surface area contributed by atoms with Crippen molar-refractivity contribution in [2.24, 2.45) is 0 Å². The van der Waals surface area contributed by atoms with Crippen LogP contribution in [0.25, 0.3) is 0 Å². The number of hydrogen-bond donors (Lipinski definition) is 1. The van der Waals surface area contributed by atoms with Gasteiger partial charge in [-0.25, -0.2) is 4.98 Å². The van der Waals surface area contributed by atoms with Crippen LogP contribution in [0, 0.1) is 0 Å². The number of halogens is 3. The number of nitrogens with zero attached hydrogens (tertiary/aromatic N) is 2. The van der Waals surface area contributed by atoms with Crippen molar-refractivity contribution >= 4 is 52.0 Å². The molecule has 0 radical (unpaired) electrons. The van der Waals surface area contributed by atoms with Gasteiger partial charge in [0.1, 0.15) is 5.15 Å². The molecule has 0 unspecified atom stereocenters. The Morgan fingerprint density at radius 2 is 1.62 bits per heavy atom. The van der Waals surface area contributed by atoms with E-state index < -0.39 is 0 Å². The number of hydrogen-bond acceptors (Lipinski definition) is 3. The zero-order chi connectivity index (χ0) is 15.4. The third-order valence-corrected chi connectivity index (χ3v) is 4.11. The molecule has 0 atom stereocenters. The maximum absolute atomic E-state index is 6.10. The van der Waals surface area contributed by atoms with Crippen molar-refractivity contribution in [3.8, 4) is 0 Å². The third-order valence-electron chi connectivity index (χ3n) is 3.15. The molecule has 1 aromatic heterocycles. The Morgan fingerprint density at radius 1 is 1.00 bits per heavy atom. The first-order valence-electron chi connectivity index (χ1n) is 6.68. The SMILES string of the molecule is CCN(CC)c1ccc(Nc2nc(Cl)c(Cl)cc2Cl)cc1. The van der Waals surface area contributed by atoms with Gasteiger partial charge < -0.3 is 10.2 Å². The first-order valence-corrected chi connectivity index (χ1v) is 7.82. The summed E-state index contributed by atoms with van der Waals surface area (Å²) in [6.07, 6.45) is 0. The highest BCUT2D eigenvalue weighted by Gasteiger charge is 2.08. The van der Waals surface area contributed by atoms with E-state index in [2.05, 4.69) is 41.2 Å². The van der Waals surface area contributed by atoms with Gasteiger partial charge in [-0.2, -0.15) is 0 Å². The molecule has 0 saturated heterocycles. The van der Waals surface area contributed by atoms with E-state index in [0.717, 1.165) is 18.8 Å². The van der Waals surface area contributed by atoms with Crippen LogP contribution >= 0.6 is 34.8 Å². The average Bonchev–Trinajstić information content (AvgIpc) is 2.48. The fourth-order valence-corrected chi connectivity index (χ4v) is 2.56. The number of rotatable bonds is 5. The Kier molecular flexibility index (Phi) is 5.57. The van der Waals surface area contributed by atoms with Crippen LogP contribution in [0.4, 0.5) is 17.2 Å². The van der Waals surface area contributed by atoms with Gasteiger partial charge in [0.15, 0.2) is 5.82 Å². The van der Waals surface area contributed by atoms with Crippen LogP contribution in [0.1, 0.15) is 13.8 Å². The van der Waals surface area contributed by atoms with Crippen molar-refractivity contribution in [3.63, 3.8) is 0 Å². The quantitative estimate of drug-likeness (QED) is 0.712. The topological polar surface area (TPSA) is 28.2 Å².